The molecule has 2 N–H and O–H groups in total. The third kappa shape index (κ3) is 7.65. The molecule has 3 heterocycles. The monoisotopic (exact) mass is 535 g/mol. The van der Waals surface area contributed by atoms with Crippen molar-refractivity contribution in [3.8, 4) is 0 Å². The molecule has 8 heteroatoms. The van der Waals surface area contributed by atoms with Crippen molar-refractivity contribution in [1.82, 2.24) is 20.4 Å². The molecule has 1 aromatic heterocycles. The molecule has 2 saturated heterocycles. The highest BCUT2D eigenvalue weighted by molar-refractivity contribution is 14.0. The van der Waals surface area contributed by atoms with Crippen molar-refractivity contribution in [2.45, 2.75) is 38.8 Å². The minimum absolute atomic E-state index is 0. The summed E-state index contributed by atoms with van der Waals surface area (Å²) >= 11 is 1.83. The molecule has 3 rings (SSSR count). The van der Waals surface area contributed by atoms with Crippen molar-refractivity contribution < 1.29 is 4.74 Å². The smallest absolute Gasteiger partial charge is 0.191 e. The fraction of sp³-hybridized carbons (Fsp3) is 0.762. The van der Waals surface area contributed by atoms with Gasteiger partial charge < -0.3 is 15.4 Å². The van der Waals surface area contributed by atoms with Gasteiger partial charge in [-0.1, -0.05) is 13.0 Å². The van der Waals surface area contributed by atoms with Crippen LogP contribution in [0.2, 0.25) is 0 Å². The molecular weight excluding hydrogens is 497 g/mol. The van der Waals surface area contributed by atoms with Crippen LogP contribution in [0.4, 0.5) is 0 Å². The minimum Gasteiger partial charge on any atom is -0.379 e. The Bertz CT molecular complexity index is 594. The van der Waals surface area contributed by atoms with E-state index in [9.17, 15) is 0 Å². The summed E-state index contributed by atoms with van der Waals surface area (Å²) in [6.45, 7) is 12.5. The first-order valence-corrected chi connectivity index (χ1v) is 11.6. The number of hydrogen-bond donors (Lipinski definition) is 2. The zero-order chi connectivity index (χ0) is 19.8. The molecule has 166 valence electrons. The number of halogens is 1. The number of morpholine rings is 1. The standard InChI is InChI=1S/C21H37N5OS.HI/c1-17-6-4-8-26(16-17)18(2)14-23-21(22-3)24-15-19(20-7-5-13-28-20)25-9-11-27-12-10-25;/h5,7,13,17-19H,4,6,8-12,14-16H2,1-3H3,(H2,22,23,24);1H. The van der Waals surface area contributed by atoms with Crippen LogP contribution < -0.4 is 10.6 Å². The highest BCUT2D eigenvalue weighted by Gasteiger charge is 2.24. The Kier molecular flexibility index (Phi) is 11.2. The van der Waals surface area contributed by atoms with Gasteiger partial charge in [-0.2, -0.15) is 0 Å². The molecule has 0 bridgehead atoms. The van der Waals surface area contributed by atoms with E-state index in [4.69, 9.17) is 4.74 Å². The number of aliphatic imine (C=N–C) groups is 1. The second kappa shape index (κ2) is 13.1. The zero-order valence-corrected chi connectivity index (χ0v) is 21.2. The lowest BCUT2D eigenvalue weighted by molar-refractivity contribution is 0.0177. The number of likely N-dealkylation sites (tertiary alicyclic amines) is 1. The first-order valence-electron chi connectivity index (χ1n) is 10.7. The van der Waals surface area contributed by atoms with Gasteiger partial charge in [0.15, 0.2) is 5.96 Å². The van der Waals surface area contributed by atoms with E-state index in [-0.39, 0.29) is 24.0 Å². The molecular formula is C21H38IN5OS. The molecule has 0 aliphatic carbocycles. The van der Waals surface area contributed by atoms with Crippen LogP contribution in [0.1, 0.15) is 37.6 Å². The van der Waals surface area contributed by atoms with Gasteiger partial charge in [-0.15, -0.1) is 35.3 Å². The Morgan fingerprint density at radius 3 is 2.66 bits per heavy atom. The van der Waals surface area contributed by atoms with E-state index in [1.165, 1.54) is 30.8 Å². The van der Waals surface area contributed by atoms with Crippen molar-refractivity contribution in [1.29, 1.82) is 0 Å². The molecule has 6 nitrogen and oxygen atoms in total. The lowest BCUT2D eigenvalue weighted by Gasteiger charge is -2.36. The number of rotatable bonds is 7. The Morgan fingerprint density at radius 2 is 2.00 bits per heavy atom. The van der Waals surface area contributed by atoms with Gasteiger partial charge in [0.1, 0.15) is 0 Å². The lowest BCUT2D eigenvalue weighted by atomic mass is 9.99. The molecule has 0 amide bonds. The molecule has 2 aliphatic heterocycles. The maximum atomic E-state index is 5.54. The first-order chi connectivity index (χ1) is 13.7. The van der Waals surface area contributed by atoms with Crippen molar-refractivity contribution in [2.75, 3.05) is 59.5 Å². The summed E-state index contributed by atoms with van der Waals surface area (Å²) in [7, 11) is 1.86. The van der Waals surface area contributed by atoms with Crippen LogP contribution in [0, 0.1) is 5.92 Å². The Hall–Kier alpha value is -0.420. The van der Waals surface area contributed by atoms with E-state index >= 15 is 0 Å². The summed E-state index contributed by atoms with van der Waals surface area (Å²) in [4.78, 5) is 11.0. The maximum absolute atomic E-state index is 5.54. The number of nitrogens with one attached hydrogen (secondary N) is 2. The number of hydrogen-bond acceptors (Lipinski definition) is 5. The number of thiophene rings is 1. The number of nitrogens with zero attached hydrogens (tertiary/aromatic N) is 3. The van der Waals surface area contributed by atoms with Crippen molar-refractivity contribution >= 4 is 41.3 Å². The second-order valence-electron chi connectivity index (χ2n) is 8.10. The van der Waals surface area contributed by atoms with E-state index in [1.807, 2.05) is 18.4 Å². The molecule has 3 unspecified atom stereocenters. The van der Waals surface area contributed by atoms with Crippen molar-refractivity contribution in [3.05, 3.63) is 22.4 Å². The third-order valence-corrected chi connectivity index (χ3v) is 6.89. The molecule has 2 aliphatic rings. The molecule has 0 radical (unpaired) electrons. The van der Waals surface area contributed by atoms with Gasteiger partial charge in [0.2, 0.25) is 0 Å². The van der Waals surface area contributed by atoms with Crippen LogP contribution in [0.25, 0.3) is 0 Å². The summed E-state index contributed by atoms with van der Waals surface area (Å²) in [5.74, 6) is 1.71. The quantitative estimate of drug-likeness (QED) is 0.320. The molecule has 0 aromatic carbocycles. The molecule has 1 aromatic rings. The van der Waals surface area contributed by atoms with Crippen LogP contribution >= 0.6 is 35.3 Å². The van der Waals surface area contributed by atoms with Crippen LogP contribution in [0.3, 0.4) is 0 Å². The van der Waals surface area contributed by atoms with Crippen molar-refractivity contribution in [2.24, 2.45) is 10.9 Å². The molecule has 0 spiro atoms. The van der Waals surface area contributed by atoms with Gasteiger partial charge in [0, 0.05) is 50.7 Å². The van der Waals surface area contributed by atoms with E-state index in [0.717, 1.165) is 51.3 Å². The van der Waals surface area contributed by atoms with Gasteiger partial charge in [0.05, 0.1) is 19.3 Å². The fourth-order valence-corrected chi connectivity index (χ4v) is 5.05. The third-order valence-electron chi connectivity index (χ3n) is 5.92. The predicted molar refractivity (Wildman–Crippen MR) is 134 cm³/mol. The van der Waals surface area contributed by atoms with E-state index < -0.39 is 0 Å². The van der Waals surface area contributed by atoms with Crippen LogP contribution in [0.5, 0.6) is 0 Å². The van der Waals surface area contributed by atoms with Crippen LogP contribution in [-0.2, 0) is 4.74 Å². The number of guanidine groups is 1. The highest BCUT2D eigenvalue weighted by atomic mass is 127. The number of ether oxygens (including phenoxy) is 1. The molecule has 29 heavy (non-hydrogen) atoms. The minimum atomic E-state index is 0. The summed E-state index contributed by atoms with van der Waals surface area (Å²) in [5.41, 5.74) is 0. The lowest BCUT2D eigenvalue weighted by Crippen LogP contribution is -2.50. The Balaban J connectivity index is 0.00000300. The van der Waals surface area contributed by atoms with Gasteiger partial charge in [-0.25, -0.2) is 0 Å². The first kappa shape index (κ1) is 24.8. The van der Waals surface area contributed by atoms with E-state index in [0.29, 0.717) is 12.1 Å². The van der Waals surface area contributed by atoms with Gasteiger partial charge >= 0.3 is 0 Å². The Morgan fingerprint density at radius 1 is 1.24 bits per heavy atom. The summed E-state index contributed by atoms with van der Waals surface area (Å²) in [6.07, 6.45) is 2.69. The fourth-order valence-electron chi connectivity index (χ4n) is 4.19. The highest BCUT2D eigenvalue weighted by Crippen LogP contribution is 2.25. The van der Waals surface area contributed by atoms with Gasteiger partial charge in [-0.05, 0) is 43.7 Å². The summed E-state index contributed by atoms with van der Waals surface area (Å²) in [6, 6.07) is 5.26. The average molecular weight is 536 g/mol. The topological polar surface area (TPSA) is 52.1 Å². The average Bonchev–Trinajstić information content (AvgIpc) is 3.25. The largest absolute Gasteiger partial charge is 0.379 e. The normalized spacial score (nSPS) is 23.8. The van der Waals surface area contributed by atoms with E-state index in [1.54, 1.807) is 0 Å². The molecule has 3 atom stereocenters. The van der Waals surface area contributed by atoms with Crippen LogP contribution in [0.15, 0.2) is 22.5 Å². The van der Waals surface area contributed by atoms with E-state index in [2.05, 4.69) is 56.8 Å². The maximum Gasteiger partial charge on any atom is 0.191 e. The zero-order valence-electron chi connectivity index (χ0n) is 18.1. The Labute approximate surface area is 197 Å². The summed E-state index contributed by atoms with van der Waals surface area (Å²) < 4.78 is 5.54. The number of piperidine rings is 1. The van der Waals surface area contributed by atoms with Crippen molar-refractivity contribution in [3.63, 3.8) is 0 Å². The second-order valence-corrected chi connectivity index (χ2v) is 9.08. The van der Waals surface area contributed by atoms with Gasteiger partial charge in [-0.3, -0.25) is 14.8 Å². The van der Waals surface area contributed by atoms with Gasteiger partial charge in [0.25, 0.3) is 0 Å². The summed E-state index contributed by atoms with van der Waals surface area (Å²) in [5, 5.41) is 9.27. The molecule has 2 fully saturated rings. The SMILES string of the molecule is CN=C(NCC(C)N1CCCC(C)C1)NCC(c1cccs1)N1CCOCC1.I. The predicted octanol–water partition coefficient (Wildman–Crippen LogP) is 3.02. The molecule has 0 saturated carbocycles. The van der Waals surface area contributed by atoms with Crippen LogP contribution in [-0.4, -0.2) is 81.3 Å².